The summed E-state index contributed by atoms with van der Waals surface area (Å²) in [6, 6.07) is 107. The molecule has 6 nitrogen and oxygen atoms in total. The molecule has 14 aromatic rings. The highest BCUT2D eigenvalue weighted by Gasteiger charge is 2.42. The molecule has 0 aliphatic carbocycles. The van der Waals surface area contributed by atoms with Gasteiger partial charge >= 0.3 is 0 Å². The molecule has 0 radical (unpaired) electrons. The molecule has 2 aliphatic heterocycles. The van der Waals surface area contributed by atoms with Crippen molar-refractivity contribution in [1.82, 2.24) is 19.5 Å². The van der Waals surface area contributed by atoms with Crippen LogP contribution >= 0.6 is 0 Å². The molecule has 7 heteroatoms. The smallest absolute Gasteiger partial charge is 0.252 e. The maximum atomic E-state index is 5.20. The molecule has 82 heavy (non-hydrogen) atoms. The zero-order valence-electron chi connectivity index (χ0n) is 44.6. The summed E-state index contributed by atoms with van der Waals surface area (Å²) in [4.78, 5) is 20.4. The maximum Gasteiger partial charge on any atom is 0.252 e. The Bertz CT molecular complexity index is 4700. The number of anilines is 6. The van der Waals surface area contributed by atoms with E-state index in [-0.39, 0.29) is 6.71 Å². The number of rotatable bonds is 9. The molecular formula is C75H49BN6. The van der Waals surface area contributed by atoms with Crippen molar-refractivity contribution in [2.24, 2.45) is 0 Å². The van der Waals surface area contributed by atoms with Crippen LogP contribution in [0.4, 0.5) is 34.1 Å². The molecule has 0 spiro atoms. The lowest BCUT2D eigenvalue weighted by Crippen LogP contribution is -2.61. The first-order valence-electron chi connectivity index (χ1n) is 28.0. The van der Waals surface area contributed by atoms with Crippen molar-refractivity contribution in [3.8, 4) is 73.2 Å². The van der Waals surface area contributed by atoms with Crippen LogP contribution in [-0.4, -0.2) is 26.2 Å². The predicted octanol–water partition coefficient (Wildman–Crippen LogP) is 17.1. The number of hydrogen-bond acceptors (Lipinski definition) is 5. The second kappa shape index (κ2) is 19.5. The number of hydrogen-bond donors (Lipinski definition) is 0. The van der Waals surface area contributed by atoms with E-state index in [0.29, 0.717) is 17.5 Å². The fraction of sp³-hybridized carbons (Fsp3) is 0. The third-order valence-electron chi connectivity index (χ3n) is 16.4. The van der Waals surface area contributed by atoms with Crippen molar-refractivity contribution in [3.63, 3.8) is 0 Å². The van der Waals surface area contributed by atoms with Crippen molar-refractivity contribution in [3.05, 3.63) is 297 Å². The first-order valence-corrected chi connectivity index (χ1v) is 28.0. The third kappa shape index (κ3) is 7.85. The first-order chi connectivity index (χ1) is 40.7. The molecule has 2 aliphatic rings. The second-order valence-corrected chi connectivity index (χ2v) is 21.1. The van der Waals surface area contributed by atoms with Crippen molar-refractivity contribution in [2.45, 2.75) is 0 Å². The molecule has 2 aromatic heterocycles. The summed E-state index contributed by atoms with van der Waals surface area (Å²) in [5, 5.41) is 2.39. The van der Waals surface area contributed by atoms with Crippen LogP contribution in [0.5, 0.6) is 0 Å². The zero-order chi connectivity index (χ0) is 54.1. The molecule has 0 unspecified atom stereocenters. The summed E-state index contributed by atoms with van der Waals surface area (Å²) >= 11 is 0. The average molecular weight is 1050 g/mol. The van der Waals surface area contributed by atoms with Gasteiger partial charge in [0, 0.05) is 67.2 Å². The Morgan fingerprint density at radius 1 is 0.256 bits per heavy atom. The molecule has 0 bridgehead atoms. The van der Waals surface area contributed by atoms with Gasteiger partial charge in [0.05, 0.1) is 16.7 Å². The Balaban J connectivity index is 0.840. The summed E-state index contributed by atoms with van der Waals surface area (Å²) in [5.41, 5.74) is 23.7. The van der Waals surface area contributed by atoms with E-state index in [1.807, 2.05) is 36.4 Å². The van der Waals surface area contributed by atoms with Crippen LogP contribution in [0.15, 0.2) is 297 Å². The predicted molar refractivity (Wildman–Crippen MR) is 341 cm³/mol. The third-order valence-corrected chi connectivity index (χ3v) is 16.4. The minimum atomic E-state index is 0.0742. The van der Waals surface area contributed by atoms with Crippen molar-refractivity contribution in [2.75, 3.05) is 9.80 Å². The van der Waals surface area contributed by atoms with Gasteiger partial charge in [-0.2, -0.15) is 0 Å². The van der Waals surface area contributed by atoms with Crippen LogP contribution < -0.4 is 26.2 Å². The Morgan fingerprint density at radius 3 is 1.35 bits per heavy atom. The molecule has 12 aromatic carbocycles. The van der Waals surface area contributed by atoms with Crippen molar-refractivity contribution in [1.29, 1.82) is 0 Å². The number of nitrogens with zero attached hydrogens (tertiary/aromatic N) is 6. The van der Waals surface area contributed by atoms with Crippen LogP contribution in [0.1, 0.15) is 0 Å². The van der Waals surface area contributed by atoms with Gasteiger partial charge in [-0.25, -0.2) is 15.0 Å². The number of fused-ring (bicyclic) bond motifs is 7. The van der Waals surface area contributed by atoms with E-state index < -0.39 is 0 Å². The first kappa shape index (κ1) is 47.1. The van der Waals surface area contributed by atoms with Crippen LogP contribution in [0, 0.1) is 0 Å². The van der Waals surface area contributed by atoms with Crippen LogP contribution in [0.3, 0.4) is 0 Å². The van der Waals surface area contributed by atoms with Gasteiger partial charge in [-0.1, -0.05) is 212 Å². The fourth-order valence-corrected chi connectivity index (χ4v) is 12.7. The number of para-hydroxylation sites is 4. The molecule has 0 N–H and O–H groups in total. The lowest BCUT2D eigenvalue weighted by molar-refractivity contribution is 1.07. The van der Waals surface area contributed by atoms with Crippen molar-refractivity contribution < 1.29 is 0 Å². The van der Waals surface area contributed by atoms with Gasteiger partial charge in [-0.3, -0.25) is 0 Å². The fourth-order valence-electron chi connectivity index (χ4n) is 12.7. The van der Waals surface area contributed by atoms with Gasteiger partial charge in [-0.15, -0.1) is 0 Å². The molecule has 382 valence electrons. The Kier molecular flexibility index (Phi) is 11.2. The number of benzene rings is 12. The van der Waals surface area contributed by atoms with Gasteiger partial charge in [0.2, 0.25) is 0 Å². The van der Waals surface area contributed by atoms with Gasteiger partial charge in [0.15, 0.2) is 17.5 Å². The van der Waals surface area contributed by atoms with E-state index in [1.54, 1.807) is 0 Å². The zero-order valence-corrected chi connectivity index (χ0v) is 44.6. The molecule has 0 amide bonds. The lowest BCUT2D eigenvalue weighted by Gasteiger charge is -2.44. The summed E-state index contributed by atoms with van der Waals surface area (Å²) in [7, 11) is 0. The minimum Gasteiger partial charge on any atom is -0.311 e. The van der Waals surface area contributed by atoms with Gasteiger partial charge in [-0.05, 0) is 129 Å². The van der Waals surface area contributed by atoms with Crippen LogP contribution in [0.2, 0.25) is 0 Å². The minimum absolute atomic E-state index is 0.0742. The molecule has 4 heterocycles. The van der Waals surface area contributed by atoms with E-state index in [0.717, 1.165) is 67.0 Å². The monoisotopic (exact) mass is 1040 g/mol. The van der Waals surface area contributed by atoms with Crippen LogP contribution in [0.25, 0.3) is 95.0 Å². The lowest BCUT2D eigenvalue weighted by atomic mass is 9.33. The quantitative estimate of drug-likeness (QED) is 0.135. The Hall–Kier alpha value is -10.9. The summed E-state index contributed by atoms with van der Waals surface area (Å²) < 4.78 is 2.43. The van der Waals surface area contributed by atoms with Gasteiger partial charge in [0.25, 0.3) is 6.71 Å². The van der Waals surface area contributed by atoms with E-state index in [4.69, 9.17) is 15.0 Å². The second-order valence-electron chi connectivity index (χ2n) is 21.1. The number of aromatic nitrogens is 4. The van der Waals surface area contributed by atoms with E-state index in [1.165, 1.54) is 61.0 Å². The topological polar surface area (TPSA) is 50.1 Å². The highest BCUT2D eigenvalue weighted by Crippen LogP contribution is 2.45. The van der Waals surface area contributed by atoms with Gasteiger partial charge in [0.1, 0.15) is 0 Å². The molecule has 16 rings (SSSR count). The van der Waals surface area contributed by atoms with Gasteiger partial charge < -0.3 is 14.4 Å². The largest absolute Gasteiger partial charge is 0.311 e. The van der Waals surface area contributed by atoms with E-state index >= 15 is 0 Å². The Labute approximate surface area is 476 Å². The average Bonchev–Trinajstić information content (AvgIpc) is 3.27. The molecular weight excluding hydrogens is 996 g/mol. The molecule has 0 atom stereocenters. The summed E-state index contributed by atoms with van der Waals surface area (Å²) in [6.45, 7) is 0.0742. The maximum absolute atomic E-state index is 5.20. The standard InChI is InChI=1S/C75H49BN6/c1-5-21-50(22-6-1)56-43-45-67-62(48-56)60-31-13-16-34-65(60)82(67)66-46-44-57(75-78-73(53-23-7-2-8-24-53)77-74(79-75)54-25-9-3-10-26-54)49-61(66)52-41-39-51(40-42-52)55-27-19-30-59(47-55)81-69-36-18-15-33-64(69)76-63-32-14-17-35-68(63)80(58-28-11-4-12-29-58)70-37-20-38-71(81)72(70)76/h1-49H. The highest BCUT2D eigenvalue weighted by atomic mass is 15.2. The normalized spacial score (nSPS) is 12.3. The molecule has 0 saturated heterocycles. The molecule has 0 fully saturated rings. The van der Waals surface area contributed by atoms with E-state index in [9.17, 15) is 0 Å². The Morgan fingerprint density at radius 2 is 0.695 bits per heavy atom. The summed E-state index contributed by atoms with van der Waals surface area (Å²) in [6.07, 6.45) is 0. The summed E-state index contributed by atoms with van der Waals surface area (Å²) in [5.74, 6) is 1.85. The van der Waals surface area contributed by atoms with Crippen LogP contribution in [-0.2, 0) is 0 Å². The SMILES string of the molecule is c1ccc(-c2ccc3c(c2)c2ccccc2n3-c2ccc(-c3nc(-c4ccccc4)nc(-c4ccccc4)n3)cc2-c2ccc(-c3cccc(N4c5ccccc5B5c6ccccc6N(c6ccccc6)c6cccc4c65)c3)cc2)cc1. The van der Waals surface area contributed by atoms with Crippen molar-refractivity contribution >= 4 is 79.0 Å². The highest BCUT2D eigenvalue weighted by molar-refractivity contribution is 7.00. The van der Waals surface area contributed by atoms with E-state index in [2.05, 4.69) is 275 Å². The molecule has 0 saturated carbocycles.